The molecule has 0 aliphatic rings. The average Bonchev–Trinajstić information content (AvgIpc) is 2.87. The molecule has 0 atom stereocenters. The van der Waals surface area contributed by atoms with Crippen LogP contribution in [0.4, 0.5) is 36.8 Å². The number of amides is 2. The van der Waals surface area contributed by atoms with Crippen molar-refractivity contribution >= 4 is 11.7 Å². The van der Waals surface area contributed by atoms with E-state index in [1.807, 2.05) is 0 Å². The monoisotopic (exact) mass is 514 g/mol. The summed E-state index contributed by atoms with van der Waals surface area (Å²) in [6, 6.07) is 26.5. The van der Waals surface area contributed by atoms with E-state index in [0.29, 0.717) is 28.8 Å². The number of benzene rings is 4. The minimum Gasteiger partial charge on any atom is -0.320 e. The molecule has 190 valence electrons. The van der Waals surface area contributed by atoms with Crippen LogP contribution in [0, 0.1) is 0 Å². The maximum atomic E-state index is 13.3. The number of rotatable bonds is 5. The van der Waals surface area contributed by atoms with Gasteiger partial charge in [0.05, 0.1) is 11.1 Å². The van der Waals surface area contributed by atoms with Gasteiger partial charge >= 0.3 is 18.4 Å². The molecule has 0 unspecified atom stereocenters. The first kappa shape index (κ1) is 25.8. The summed E-state index contributed by atoms with van der Waals surface area (Å²) in [5, 5.41) is 5.01. The van der Waals surface area contributed by atoms with Crippen LogP contribution < -0.4 is 10.6 Å². The van der Waals surface area contributed by atoms with E-state index in [4.69, 9.17) is 0 Å². The Morgan fingerprint density at radius 3 is 1.19 bits per heavy atom. The minimum atomic E-state index is -5.05. The van der Waals surface area contributed by atoms with E-state index in [0.717, 1.165) is 0 Å². The molecule has 2 amide bonds. The van der Waals surface area contributed by atoms with Gasteiger partial charge in [-0.3, -0.25) is 0 Å². The van der Waals surface area contributed by atoms with Gasteiger partial charge in [0.15, 0.2) is 0 Å². The van der Waals surface area contributed by atoms with Crippen LogP contribution in [-0.4, -0.2) is 6.03 Å². The summed E-state index contributed by atoms with van der Waals surface area (Å²) in [6.45, 7) is 0. The molecule has 0 aliphatic carbocycles. The van der Waals surface area contributed by atoms with Crippen LogP contribution in [0.25, 0.3) is 0 Å². The van der Waals surface area contributed by atoms with Crippen molar-refractivity contribution in [1.82, 2.24) is 5.32 Å². The molecule has 0 aliphatic heterocycles. The summed E-state index contributed by atoms with van der Waals surface area (Å²) in [4.78, 5) is 13.3. The first-order chi connectivity index (χ1) is 17.5. The van der Waals surface area contributed by atoms with E-state index in [-0.39, 0.29) is 6.07 Å². The molecule has 0 spiro atoms. The third-order valence-electron chi connectivity index (χ3n) is 5.77. The molecule has 4 rings (SSSR count). The SMILES string of the molecule is O=C(Nc1cc(C(F)(F)F)cc(C(F)(F)F)c1)NC(c1ccccc1)(c1ccccc1)c1ccccc1. The van der Waals surface area contributed by atoms with Gasteiger partial charge in [-0.25, -0.2) is 4.79 Å². The maximum absolute atomic E-state index is 13.3. The maximum Gasteiger partial charge on any atom is 0.416 e. The van der Waals surface area contributed by atoms with Gasteiger partial charge in [0, 0.05) is 5.69 Å². The standard InChI is InChI=1S/C28H20F6N2O/c29-27(30,31)22-16-23(28(32,33)34)18-24(17-22)35-25(37)36-26(19-10-4-1-5-11-19,20-12-6-2-7-13-20)21-14-8-3-9-15-21/h1-18H,(H2,35,36,37). The molecular formula is C28H20F6N2O. The summed E-state index contributed by atoms with van der Waals surface area (Å²) >= 11 is 0. The Morgan fingerprint density at radius 1 is 0.514 bits per heavy atom. The van der Waals surface area contributed by atoms with Crippen molar-refractivity contribution in [2.24, 2.45) is 0 Å². The molecule has 4 aromatic rings. The second-order valence-electron chi connectivity index (χ2n) is 8.22. The lowest BCUT2D eigenvalue weighted by atomic mass is 9.77. The van der Waals surface area contributed by atoms with Crippen molar-refractivity contribution in [3.63, 3.8) is 0 Å². The topological polar surface area (TPSA) is 41.1 Å². The van der Waals surface area contributed by atoms with Gasteiger partial charge in [0.25, 0.3) is 0 Å². The number of carbonyl (C=O) groups is 1. The highest BCUT2D eigenvalue weighted by Crippen LogP contribution is 2.39. The zero-order valence-electron chi connectivity index (χ0n) is 19.1. The van der Waals surface area contributed by atoms with Crippen LogP contribution >= 0.6 is 0 Å². The van der Waals surface area contributed by atoms with Crippen LogP contribution in [0.2, 0.25) is 0 Å². The lowest BCUT2D eigenvalue weighted by Gasteiger charge is -2.36. The molecule has 3 nitrogen and oxygen atoms in total. The van der Waals surface area contributed by atoms with E-state index in [1.54, 1.807) is 91.0 Å². The molecule has 0 bridgehead atoms. The van der Waals surface area contributed by atoms with Crippen LogP contribution in [0.1, 0.15) is 27.8 Å². The first-order valence-electron chi connectivity index (χ1n) is 11.1. The van der Waals surface area contributed by atoms with Crippen LogP contribution in [0.3, 0.4) is 0 Å². The Kier molecular flexibility index (Phi) is 6.98. The number of alkyl halides is 6. The summed E-state index contributed by atoms with van der Waals surface area (Å²) in [5.41, 5.74) is -3.14. The van der Waals surface area contributed by atoms with E-state index in [1.165, 1.54) is 0 Å². The Labute approximate surface area is 208 Å². The summed E-state index contributed by atoms with van der Waals surface area (Å²) in [5.74, 6) is 0. The molecule has 0 saturated heterocycles. The third-order valence-corrected chi connectivity index (χ3v) is 5.77. The lowest BCUT2D eigenvalue weighted by molar-refractivity contribution is -0.143. The fourth-order valence-corrected chi connectivity index (χ4v) is 4.14. The minimum absolute atomic E-state index is 0.00525. The third kappa shape index (κ3) is 5.61. The highest BCUT2D eigenvalue weighted by atomic mass is 19.4. The quantitative estimate of drug-likeness (QED) is 0.207. The molecule has 0 radical (unpaired) electrons. The zero-order valence-corrected chi connectivity index (χ0v) is 19.1. The molecule has 0 fully saturated rings. The van der Waals surface area contributed by atoms with Crippen LogP contribution in [0.5, 0.6) is 0 Å². The van der Waals surface area contributed by atoms with Gasteiger partial charge in [0.1, 0.15) is 5.54 Å². The number of hydrogen-bond acceptors (Lipinski definition) is 1. The second kappa shape index (κ2) is 10.0. The first-order valence-corrected chi connectivity index (χ1v) is 11.1. The predicted molar refractivity (Wildman–Crippen MR) is 128 cm³/mol. The normalized spacial score (nSPS) is 12.2. The van der Waals surface area contributed by atoms with Gasteiger partial charge < -0.3 is 10.6 Å². The largest absolute Gasteiger partial charge is 0.416 e. The fraction of sp³-hybridized carbons (Fsp3) is 0.107. The molecular weight excluding hydrogens is 494 g/mol. The number of hydrogen-bond donors (Lipinski definition) is 2. The Bertz CT molecular complexity index is 1230. The van der Waals surface area contributed by atoms with E-state index in [2.05, 4.69) is 10.6 Å². The van der Waals surface area contributed by atoms with Crippen molar-refractivity contribution in [3.8, 4) is 0 Å². The highest BCUT2D eigenvalue weighted by molar-refractivity contribution is 5.91. The molecule has 0 saturated carbocycles. The number of carbonyl (C=O) groups excluding carboxylic acids is 1. The van der Waals surface area contributed by atoms with Crippen molar-refractivity contribution < 1.29 is 31.1 Å². The highest BCUT2D eigenvalue weighted by Gasteiger charge is 2.39. The average molecular weight is 514 g/mol. The van der Waals surface area contributed by atoms with Crippen LogP contribution in [0.15, 0.2) is 109 Å². The van der Waals surface area contributed by atoms with E-state index in [9.17, 15) is 31.1 Å². The molecule has 4 aromatic carbocycles. The van der Waals surface area contributed by atoms with Crippen molar-refractivity contribution in [3.05, 3.63) is 137 Å². The summed E-state index contributed by atoms with van der Waals surface area (Å²) in [6.07, 6.45) is -10.1. The molecule has 37 heavy (non-hydrogen) atoms. The van der Waals surface area contributed by atoms with Gasteiger partial charge in [-0.2, -0.15) is 26.3 Å². The Morgan fingerprint density at radius 2 is 0.865 bits per heavy atom. The predicted octanol–water partition coefficient (Wildman–Crippen LogP) is 7.84. The number of urea groups is 1. The summed E-state index contributed by atoms with van der Waals surface area (Å²) in [7, 11) is 0. The second-order valence-corrected chi connectivity index (χ2v) is 8.22. The molecule has 0 aromatic heterocycles. The van der Waals surface area contributed by atoms with E-state index < -0.39 is 40.7 Å². The molecule has 0 heterocycles. The number of halogens is 6. The van der Waals surface area contributed by atoms with Crippen molar-refractivity contribution in [1.29, 1.82) is 0 Å². The van der Waals surface area contributed by atoms with Crippen molar-refractivity contribution in [2.45, 2.75) is 17.9 Å². The zero-order chi connectivity index (χ0) is 26.7. The van der Waals surface area contributed by atoms with Gasteiger partial charge in [-0.05, 0) is 34.9 Å². The number of nitrogens with one attached hydrogen (secondary N) is 2. The Balaban J connectivity index is 1.81. The fourth-order valence-electron chi connectivity index (χ4n) is 4.14. The van der Waals surface area contributed by atoms with Gasteiger partial charge in [-0.15, -0.1) is 0 Å². The lowest BCUT2D eigenvalue weighted by Crippen LogP contribution is -2.49. The smallest absolute Gasteiger partial charge is 0.320 e. The van der Waals surface area contributed by atoms with Crippen LogP contribution in [-0.2, 0) is 17.9 Å². The summed E-state index contributed by atoms with van der Waals surface area (Å²) < 4.78 is 79.9. The van der Waals surface area contributed by atoms with Crippen molar-refractivity contribution in [2.75, 3.05) is 5.32 Å². The van der Waals surface area contributed by atoms with Gasteiger partial charge in [0.2, 0.25) is 0 Å². The Hall–Kier alpha value is -4.27. The number of anilines is 1. The molecule has 9 heteroatoms. The van der Waals surface area contributed by atoms with E-state index >= 15 is 0 Å². The van der Waals surface area contributed by atoms with Gasteiger partial charge in [-0.1, -0.05) is 91.0 Å². The molecule has 2 N–H and O–H groups in total.